The molecule has 2 amide bonds. The number of aromatic nitrogens is 1. The summed E-state index contributed by atoms with van der Waals surface area (Å²) in [5, 5.41) is 0. The van der Waals surface area contributed by atoms with Crippen molar-refractivity contribution >= 4 is 17.5 Å². The molecule has 0 N–H and O–H groups in total. The van der Waals surface area contributed by atoms with Gasteiger partial charge in [0.25, 0.3) is 0 Å². The zero-order valence-corrected chi connectivity index (χ0v) is 14.7. The first-order chi connectivity index (χ1) is 12.6. The number of hydrogen-bond acceptors (Lipinski definition) is 5. The lowest BCUT2D eigenvalue weighted by Crippen LogP contribution is -2.53. The number of carbonyl (C=O) groups excluding carboxylic acids is 2. The number of hydrogen-bond donors (Lipinski definition) is 0. The summed E-state index contributed by atoms with van der Waals surface area (Å²) in [5.41, 5.74) is 0.492. The lowest BCUT2D eigenvalue weighted by molar-refractivity contribution is -0.143. The number of likely N-dealkylation sites (tertiary alicyclic amines) is 1. The predicted octanol–water partition coefficient (Wildman–Crippen LogP) is 0.142. The van der Waals surface area contributed by atoms with E-state index in [1.54, 1.807) is 18.1 Å². The van der Waals surface area contributed by atoms with Gasteiger partial charge in [-0.1, -0.05) is 12.2 Å². The van der Waals surface area contributed by atoms with Crippen molar-refractivity contribution in [2.75, 3.05) is 44.7 Å². The van der Waals surface area contributed by atoms with Gasteiger partial charge in [-0.05, 0) is 12.1 Å². The third kappa shape index (κ3) is 2.13. The molecule has 26 heavy (non-hydrogen) atoms. The van der Waals surface area contributed by atoms with Gasteiger partial charge in [-0.2, -0.15) is 0 Å². The number of amides is 2. The van der Waals surface area contributed by atoms with Crippen molar-refractivity contribution in [3.63, 3.8) is 0 Å². The Balaban J connectivity index is 1.31. The van der Waals surface area contributed by atoms with E-state index in [2.05, 4.69) is 9.88 Å². The average molecular weight is 354 g/mol. The van der Waals surface area contributed by atoms with Crippen LogP contribution in [-0.2, 0) is 14.3 Å². The van der Waals surface area contributed by atoms with Crippen LogP contribution < -0.4 is 4.90 Å². The van der Waals surface area contributed by atoms with Crippen LogP contribution in [0.3, 0.4) is 0 Å². The van der Waals surface area contributed by atoms with E-state index in [4.69, 9.17) is 4.74 Å². The van der Waals surface area contributed by atoms with Crippen molar-refractivity contribution in [3.8, 4) is 0 Å². The highest BCUT2D eigenvalue weighted by Gasteiger charge is 2.66. The maximum atomic E-state index is 13.2. The summed E-state index contributed by atoms with van der Waals surface area (Å²) in [6, 6.07) is 3.96. The van der Waals surface area contributed by atoms with Crippen LogP contribution in [0, 0.1) is 11.8 Å². The van der Waals surface area contributed by atoms with Gasteiger partial charge in [0.05, 0.1) is 36.4 Å². The molecule has 3 fully saturated rings. The van der Waals surface area contributed by atoms with Gasteiger partial charge in [0, 0.05) is 39.4 Å². The van der Waals surface area contributed by atoms with Crippen LogP contribution in [0.15, 0.2) is 36.7 Å². The number of anilines is 1. The van der Waals surface area contributed by atoms with Gasteiger partial charge in [0.15, 0.2) is 0 Å². The molecule has 1 aromatic heterocycles. The Bertz CT molecular complexity index is 774. The van der Waals surface area contributed by atoms with E-state index in [0.29, 0.717) is 19.6 Å². The topological polar surface area (TPSA) is 66.0 Å². The molecule has 136 valence electrons. The zero-order valence-electron chi connectivity index (χ0n) is 14.7. The number of likely N-dealkylation sites (N-methyl/N-ethyl adjacent to an activating group) is 1. The largest absolute Gasteiger partial charge is 0.367 e. The number of nitrogens with zero attached hydrogens (tertiary/aromatic N) is 4. The number of ether oxygens (including phenoxy) is 1. The Labute approximate surface area is 152 Å². The number of carbonyl (C=O) groups is 2. The van der Waals surface area contributed by atoms with Crippen LogP contribution in [-0.4, -0.2) is 78.1 Å². The van der Waals surface area contributed by atoms with Crippen LogP contribution in [0.4, 0.5) is 5.69 Å². The Morgan fingerprint density at radius 1 is 1.31 bits per heavy atom. The minimum atomic E-state index is -0.589. The highest BCUT2D eigenvalue weighted by Crippen LogP contribution is 2.52. The summed E-state index contributed by atoms with van der Waals surface area (Å²) in [6.07, 6.45) is 7.31. The maximum absolute atomic E-state index is 13.2. The lowest BCUT2D eigenvalue weighted by atomic mass is 9.76. The van der Waals surface area contributed by atoms with Crippen LogP contribution in [0.2, 0.25) is 0 Å². The molecule has 0 aromatic carbocycles. The molecule has 7 heteroatoms. The summed E-state index contributed by atoms with van der Waals surface area (Å²) in [5.74, 6) is -0.668. The first-order valence-electron chi connectivity index (χ1n) is 9.15. The second-order valence-electron chi connectivity index (χ2n) is 7.62. The molecule has 1 aromatic rings. The smallest absolute Gasteiger partial charge is 0.229 e. The third-order valence-corrected chi connectivity index (χ3v) is 6.18. The summed E-state index contributed by atoms with van der Waals surface area (Å²) >= 11 is 0. The van der Waals surface area contributed by atoms with Crippen LogP contribution >= 0.6 is 0 Å². The van der Waals surface area contributed by atoms with E-state index in [1.807, 2.05) is 35.4 Å². The summed E-state index contributed by atoms with van der Waals surface area (Å²) in [7, 11) is 1.79. The monoisotopic (exact) mass is 354 g/mol. The second-order valence-corrected chi connectivity index (χ2v) is 7.62. The minimum absolute atomic E-state index is 0.0317. The number of piperazine rings is 1. The van der Waals surface area contributed by atoms with Gasteiger partial charge in [-0.15, -0.1) is 0 Å². The van der Waals surface area contributed by atoms with Crippen molar-refractivity contribution in [1.82, 2.24) is 14.8 Å². The fourth-order valence-electron chi connectivity index (χ4n) is 4.91. The quantitative estimate of drug-likeness (QED) is 0.707. The van der Waals surface area contributed by atoms with Gasteiger partial charge < -0.3 is 19.4 Å². The molecule has 7 nitrogen and oxygen atoms in total. The lowest BCUT2D eigenvalue weighted by Gasteiger charge is -2.38. The van der Waals surface area contributed by atoms with Crippen LogP contribution in [0.25, 0.3) is 0 Å². The van der Waals surface area contributed by atoms with Gasteiger partial charge in [-0.25, -0.2) is 0 Å². The number of rotatable bonds is 2. The molecule has 4 atom stereocenters. The van der Waals surface area contributed by atoms with E-state index >= 15 is 0 Å². The summed E-state index contributed by atoms with van der Waals surface area (Å²) in [4.78, 5) is 35.9. The highest BCUT2D eigenvalue weighted by atomic mass is 16.5. The molecule has 3 saturated heterocycles. The van der Waals surface area contributed by atoms with Crippen LogP contribution in [0.5, 0.6) is 0 Å². The van der Waals surface area contributed by atoms with Crippen molar-refractivity contribution in [2.24, 2.45) is 11.8 Å². The standard InChI is InChI=1S/C19H22N4O3/c1-21-12-19-5-4-14(26-19)15(16(19)18(21)25)17(24)23-9-7-22(8-10-23)13-3-2-6-20-11-13/h2-6,11,14-16H,7-10,12H2,1H3/t14-,15-,16+,19-/m1/s1. The zero-order chi connectivity index (χ0) is 17.9. The molecule has 5 rings (SSSR count). The normalized spacial score (nSPS) is 35.3. The van der Waals surface area contributed by atoms with E-state index in [0.717, 1.165) is 18.8 Å². The van der Waals surface area contributed by atoms with E-state index in [1.165, 1.54) is 0 Å². The molecule has 5 heterocycles. The molecular formula is C19H22N4O3. The fourth-order valence-corrected chi connectivity index (χ4v) is 4.91. The Hall–Kier alpha value is -2.41. The van der Waals surface area contributed by atoms with Crippen molar-refractivity contribution in [3.05, 3.63) is 36.7 Å². The molecule has 1 spiro atoms. The molecule has 0 radical (unpaired) electrons. The van der Waals surface area contributed by atoms with Crippen LogP contribution in [0.1, 0.15) is 0 Å². The van der Waals surface area contributed by atoms with Gasteiger partial charge in [0.2, 0.25) is 11.8 Å². The molecule has 4 aliphatic heterocycles. The highest BCUT2D eigenvalue weighted by molar-refractivity contribution is 5.93. The SMILES string of the molecule is CN1C[C@@]23C=C[C@@H](O2)[C@@H](C(=O)N2CCN(c4cccnc4)CC2)[C@H]3C1=O. The molecule has 4 aliphatic rings. The second kappa shape index (κ2) is 5.54. The number of fused-ring (bicyclic) bond motifs is 1. The Morgan fingerprint density at radius 2 is 2.12 bits per heavy atom. The Morgan fingerprint density at radius 3 is 2.85 bits per heavy atom. The van der Waals surface area contributed by atoms with Gasteiger partial charge in [0.1, 0.15) is 5.60 Å². The first kappa shape index (κ1) is 15.8. The average Bonchev–Trinajstić information content (AvgIpc) is 3.30. The molecule has 2 bridgehead atoms. The van der Waals surface area contributed by atoms with Crippen molar-refractivity contribution in [2.45, 2.75) is 11.7 Å². The third-order valence-electron chi connectivity index (χ3n) is 6.18. The summed E-state index contributed by atoms with van der Waals surface area (Å²) < 4.78 is 6.10. The molecular weight excluding hydrogens is 332 g/mol. The van der Waals surface area contributed by atoms with Gasteiger partial charge in [-0.3, -0.25) is 14.6 Å². The van der Waals surface area contributed by atoms with Crippen molar-refractivity contribution < 1.29 is 14.3 Å². The van der Waals surface area contributed by atoms with Crippen molar-refractivity contribution in [1.29, 1.82) is 0 Å². The Kier molecular flexibility index (Phi) is 3.37. The van der Waals surface area contributed by atoms with Gasteiger partial charge >= 0.3 is 0 Å². The maximum Gasteiger partial charge on any atom is 0.229 e. The number of pyridine rings is 1. The molecule has 0 saturated carbocycles. The van der Waals surface area contributed by atoms with E-state index in [9.17, 15) is 9.59 Å². The molecule has 0 aliphatic carbocycles. The van der Waals surface area contributed by atoms with E-state index < -0.39 is 5.60 Å². The minimum Gasteiger partial charge on any atom is -0.367 e. The predicted molar refractivity (Wildman–Crippen MR) is 94.4 cm³/mol. The molecule has 0 unspecified atom stereocenters. The first-order valence-corrected chi connectivity index (χ1v) is 9.15. The fraction of sp³-hybridized carbons (Fsp3) is 0.526. The van der Waals surface area contributed by atoms with E-state index in [-0.39, 0.29) is 29.8 Å². The summed E-state index contributed by atoms with van der Waals surface area (Å²) in [6.45, 7) is 3.40.